The summed E-state index contributed by atoms with van der Waals surface area (Å²) >= 11 is 0. The van der Waals surface area contributed by atoms with Crippen LogP contribution in [0.25, 0.3) is 22.9 Å². The van der Waals surface area contributed by atoms with Crippen LogP contribution in [0.4, 0.5) is 0 Å². The largest absolute Gasteiger partial charge is 0.434 e. The minimum atomic E-state index is -0.632. The first-order valence-corrected chi connectivity index (χ1v) is 4.24. The Morgan fingerprint density at radius 3 is 2.73 bits per heavy atom. The van der Waals surface area contributed by atoms with Gasteiger partial charge in [-0.25, -0.2) is 14.9 Å². The predicted molar refractivity (Wildman–Crippen MR) is 50.1 cm³/mol. The molecule has 0 atom stereocenters. The number of nitrogens with one attached hydrogen (secondary N) is 1. The Bertz CT molecular complexity index is 631. The van der Waals surface area contributed by atoms with Gasteiger partial charge in [0.1, 0.15) is 5.52 Å². The molecule has 1 N–H and O–H groups in total. The van der Waals surface area contributed by atoms with Crippen LogP contribution in [0.3, 0.4) is 0 Å². The lowest BCUT2D eigenvalue weighted by Crippen LogP contribution is -1.93. The number of hydrogen-bond donors (Lipinski definition) is 1. The highest BCUT2D eigenvalue weighted by Crippen LogP contribution is 2.20. The summed E-state index contributed by atoms with van der Waals surface area (Å²) in [6.07, 6.45) is 0. The maximum absolute atomic E-state index is 10.7. The van der Waals surface area contributed by atoms with E-state index in [0.717, 1.165) is 0 Å². The molecular formula is C9H5N3O3. The summed E-state index contributed by atoms with van der Waals surface area (Å²) in [6, 6.07) is 7.25. The number of benzene rings is 1. The molecule has 15 heavy (non-hydrogen) atoms. The van der Waals surface area contributed by atoms with Crippen LogP contribution in [0, 0.1) is 0 Å². The van der Waals surface area contributed by atoms with Crippen molar-refractivity contribution < 1.29 is 8.83 Å². The van der Waals surface area contributed by atoms with E-state index in [4.69, 9.17) is 8.83 Å². The summed E-state index contributed by atoms with van der Waals surface area (Å²) in [5, 5.41) is 5.76. The molecule has 2 heterocycles. The van der Waals surface area contributed by atoms with Crippen molar-refractivity contribution in [2.75, 3.05) is 0 Å². The molecule has 0 spiro atoms. The number of oxazole rings is 1. The molecule has 0 aliphatic carbocycles. The van der Waals surface area contributed by atoms with Crippen molar-refractivity contribution in [3.8, 4) is 11.8 Å². The van der Waals surface area contributed by atoms with E-state index in [1.807, 2.05) is 12.1 Å². The predicted octanol–water partition coefficient (Wildman–Crippen LogP) is 1.17. The van der Waals surface area contributed by atoms with Gasteiger partial charge >= 0.3 is 11.6 Å². The lowest BCUT2D eigenvalue weighted by molar-refractivity contribution is 0.497. The van der Waals surface area contributed by atoms with Crippen LogP contribution in [0.2, 0.25) is 0 Å². The zero-order valence-corrected chi connectivity index (χ0v) is 7.43. The average Bonchev–Trinajstić information content (AvgIpc) is 2.82. The number of hydrogen-bond acceptors (Lipinski definition) is 5. The van der Waals surface area contributed by atoms with Gasteiger partial charge in [-0.1, -0.05) is 12.1 Å². The maximum atomic E-state index is 10.7. The Hall–Kier alpha value is -2.37. The normalized spacial score (nSPS) is 10.9. The molecule has 6 heteroatoms. The van der Waals surface area contributed by atoms with Crippen molar-refractivity contribution in [2.45, 2.75) is 0 Å². The van der Waals surface area contributed by atoms with Gasteiger partial charge in [0.05, 0.1) is 0 Å². The van der Waals surface area contributed by atoms with Crippen LogP contribution in [-0.4, -0.2) is 15.2 Å². The van der Waals surface area contributed by atoms with Gasteiger partial charge in [-0.3, -0.25) is 0 Å². The molecule has 0 amide bonds. The second-order valence-electron chi connectivity index (χ2n) is 2.91. The van der Waals surface area contributed by atoms with Crippen LogP contribution in [0.15, 0.2) is 37.9 Å². The Morgan fingerprint density at radius 2 is 2.00 bits per heavy atom. The molecule has 0 aliphatic heterocycles. The van der Waals surface area contributed by atoms with Gasteiger partial charge in [0.25, 0.3) is 5.89 Å². The van der Waals surface area contributed by atoms with Crippen molar-refractivity contribution in [2.24, 2.45) is 0 Å². The van der Waals surface area contributed by atoms with Gasteiger partial charge in [-0.15, -0.1) is 5.10 Å². The second kappa shape index (κ2) is 2.81. The van der Waals surface area contributed by atoms with Crippen molar-refractivity contribution in [1.29, 1.82) is 0 Å². The molecule has 3 rings (SSSR count). The number of aromatic amines is 1. The summed E-state index contributed by atoms with van der Waals surface area (Å²) in [4.78, 5) is 14.8. The van der Waals surface area contributed by atoms with Crippen LogP contribution >= 0.6 is 0 Å². The highest BCUT2D eigenvalue weighted by atomic mass is 16.4. The Morgan fingerprint density at radius 1 is 1.13 bits per heavy atom. The number of aromatic nitrogens is 3. The molecule has 74 valence electrons. The quantitative estimate of drug-likeness (QED) is 0.641. The van der Waals surface area contributed by atoms with Crippen LogP contribution in [-0.2, 0) is 0 Å². The molecule has 0 radical (unpaired) electrons. The van der Waals surface area contributed by atoms with E-state index >= 15 is 0 Å². The highest BCUT2D eigenvalue weighted by Gasteiger charge is 2.12. The topological polar surface area (TPSA) is 84.9 Å². The summed E-state index contributed by atoms with van der Waals surface area (Å²) in [5.74, 6) is -0.391. The van der Waals surface area contributed by atoms with Gasteiger partial charge in [0, 0.05) is 0 Å². The first kappa shape index (κ1) is 7.98. The molecule has 0 unspecified atom stereocenters. The summed E-state index contributed by atoms with van der Waals surface area (Å²) in [6.45, 7) is 0. The summed E-state index contributed by atoms with van der Waals surface area (Å²) in [7, 11) is 0. The van der Waals surface area contributed by atoms with Crippen LogP contribution < -0.4 is 5.76 Å². The smallest absolute Gasteiger partial charge is 0.432 e. The van der Waals surface area contributed by atoms with E-state index in [1.54, 1.807) is 12.1 Å². The molecule has 2 aromatic heterocycles. The Balaban J connectivity index is 2.24. The average molecular weight is 203 g/mol. The van der Waals surface area contributed by atoms with Gasteiger partial charge in [-0.05, 0) is 12.1 Å². The maximum Gasteiger partial charge on any atom is 0.434 e. The molecule has 0 aliphatic rings. The molecule has 0 bridgehead atoms. The molecular weight excluding hydrogens is 198 g/mol. The third-order valence-electron chi connectivity index (χ3n) is 1.91. The number of rotatable bonds is 1. The third kappa shape index (κ3) is 1.23. The van der Waals surface area contributed by atoms with Gasteiger partial charge in [-0.2, -0.15) is 0 Å². The van der Waals surface area contributed by atoms with Gasteiger partial charge in [0.15, 0.2) is 5.58 Å². The summed E-state index contributed by atoms with van der Waals surface area (Å²) < 4.78 is 10.1. The van der Waals surface area contributed by atoms with Crippen molar-refractivity contribution in [3.63, 3.8) is 0 Å². The van der Waals surface area contributed by atoms with E-state index < -0.39 is 5.76 Å². The Labute approximate surface area is 82.5 Å². The first-order chi connectivity index (χ1) is 7.33. The first-order valence-electron chi connectivity index (χ1n) is 4.24. The second-order valence-corrected chi connectivity index (χ2v) is 2.91. The SMILES string of the molecule is O=c1[nH]nc(-c2nc3ccccc3o2)o1. The standard InChI is InChI=1S/C9H5N3O3/c13-9-12-11-8(15-9)7-10-5-3-1-2-4-6(5)14-7/h1-4H,(H,12,13). The zero-order chi connectivity index (χ0) is 10.3. The molecule has 0 saturated carbocycles. The fourth-order valence-corrected chi connectivity index (χ4v) is 1.29. The minimum Gasteiger partial charge on any atom is -0.432 e. The number of nitrogens with zero attached hydrogens (tertiary/aromatic N) is 2. The third-order valence-corrected chi connectivity index (χ3v) is 1.91. The van der Waals surface area contributed by atoms with E-state index in [2.05, 4.69) is 15.2 Å². The van der Waals surface area contributed by atoms with Gasteiger partial charge in [0.2, 0.25) is 0 Å². The summed E-state index contributed by atoms with van der Waals surface area (Å²) in [5.41, 5.74) is 1.32. The van der Waals surface area contributed by atoms with E-state index in [0.29, 0.717) is 11.1 Å². The van der Waals surface area contributed by atoms with Crippen molar-refractivity contribution >= 4 is 11.1 Å². The number of fused-ring (bicyclic) bond motifs is 1. The lowest BCUT2D eigenvalue weighted by Gasteiger charge is -1.81. The van der Waals surface area contributed by atoms with Gasteiger partial charge < -0.3 is 8.83 Å². The molecule has 1 aromatic carbocycles. The number of para-hydroxylation sites is 2. The minimum absolute atomic E-state index is 0.0520. The lowest BCUT2D eigenvalue weighted by atomic mass is 10.3. The van der Waals surface area contributed by atoms with Crippen molar-refractivity contribution in [1.82, 2.24) is 15.2 Å². The fraction of sp³-hybridized carbons (Fsp3) is 0. The van der Waals surface area contributed by atoms with Crippen molar-refractivity contribution in [3.05, 3.63) is 34.8 Å². The van der Waals surface area contributed by atoms with Crippen LogP contribution in [0.5, 0.6) is 0 Å². The van der Waals surface area contributed by atoms with Crippen LogP contribution in [0.1, 0.15) is 0 Å². The Kier molecular flexibility index (Phi) is 1.49. The zero-order valence-electron chi connectivity index (χ0n) is 7.43. The van der Waals surface area contributed by atoms with E-state index in [-0.39, 0.29) is 11.8 Å². The van der Waals surface area contributed by atoms with E-state index in [1.165, 1.54) is 0 Å². The fourth-order valence-electron chi connectivity index (χ4n) is 1.29. The molecule has 6 nitrogen and oxygen atoms in total. The molecule has 0 fully saturated rings. The molecule has 3 aromatic rings. The number of H-pyrrole nitrogens is 1. The highest BCUT2D eigenvalue weighted by molar-refractivity contribution is 5.74. The monoisotopic (exact) mass is 203 g/mol. The molecule has 0 saturated heterocycles. The van der Waals surface area contributed by atoms with E-state index in [9.17, 15) is 4.79 Å².